The Hall–Kier alpha value is -1.63. The smallest absolute Gasteiger partial charge is 0.273 e. The van der Waals surface area contributed by atoms with Crippen molar-refractivity contribution < 1.29 is 22.9 Å². The van der Waals surface area contributed by atoms with Crippen LogP contribution in [0.5, 0.6) is 0 Å². The van der Waals surface area contributed by atoms with Crippen LogP contribution in [0.25, 0.3) is 0 Å². The summed E-state index contributed by atoms with van der Waals surface area (Å²) in [5.74, 6) is -5.06. The molecule has 0 saturated carbocycles. The molecule has 0 aliphatic heterocycles. The van der Waals surface area contributed by atoms with E-state index >= 15 is 0 Å². The van der Waals surface area contributed by atoms with Gasteiger partial charge in [0.2, 0.25) is 5.92 Å². The number of hydrogen-bond donors (Lipinski definition) is 0. The quantitative estimate of drug-likeness (QED) is 0.468. The van der Waals surface area contributed by atoms with Gasteiger partial charge in [-0.15, -0.1) is 0 Å². The van der Waals surface area contributed by atoms with E-state index in [4.69, 9.17) is 11.6 Å². The molecule has 0 radical (unpaired) electrons. The van der Waals surface area contributed by atoms with Gasteiger partial charge in [0, 0.05) is 24.5 Å². The van der Waals surface area contributed by atoms with Crippen LogP contribution < -0.4 is 0 Å². The molecule has 0 N–H and O–H groups in total. The number of ketones is 1. The molecule has 1 aromatic carbocycles. The number of nitrogens with zero attached hydrogens (tertiary/aromatic N) is 1. The van der Waals surface area contributed by atoms with E-state index in [0.29, 0.717) is 13.0 Å². The van der Waals surface area contributed by atoms with Gasteiger partial charge in [0.15, 0.2) is 5.78 Å². The summed E-state index contributed by atoms with van der Waals surface area (Å²) in [6, 6.07) is 1.34. The molecule has 0 bridgehead atoms. The molecule has 8 heteroatoms. The number of Topliss-reactive ketones (excluding diaryl/α,β-unsaturated/α-hetero) is 1. The van der Waals surface area contributed by atoms with Crippen molar-refractivity contribution in [2.45, 2.75) is 25.7 Å². The first-order valence-corrected chi connectivity index (χ1v) is 5.54. The SMILES string of the molecule is CC(F)(F)CCC(=O)c1cc([N+](=O)[O-])cc(F)c1Cl. The number of carbonyl (C=O) groups is 1. The Morgan fingerprint density at radius 3 is 2.53 bits per heavy atom. The van der Waals surface area contributed by atoms with E-state index in [1.54, 1.807) is 0 Å². The molecule has 0 aromatic heterocycles. The predicted molar refractivity (Wildman–Crippen MR) is 62.2 cm³/mol. The van der Waals surface area contributed by atoms with Crippen LogP contribution >= 0.6 is 11.6 Å². The number of carbonyl (C=O) groups excluding carboxylic acids is 1. The van der Waals surface area contributed by atoms with Gasteiger partial charge in [0.1, 0.15) is 5.82 Å². The van der Waals surface area contributed by atoms with Gasteiger partial charge in [-0.2, -0.15) is 0 Å². The van der Waals surface area contributed by atoms with Crippen molar-refractivity contribution in [3.63, 3.8) is 0 Å². The Balaban J connectivity index is 3.05. The number of non-ortho nitro benzene ring substituents is 1. The lowest BCUT2D eigenvalue weighted by Gasteiger charge is -2.09. The molecule has 0 spiro atoms. The molecule has 0 aliphatic rings. The van der Waals surface area contributed by atoms with Gasteiger partial charge in [-0.3, -0.25) is 14.9 Å². The summed E-state index contributed by atoms with van der Waals surface area (Å²) in [4.78, 5) is 21.3. The van der Waals surface area contributed by atoms with Crippen molar-refractivity contribution in [1.29, 1.82) is 0 Å². The molecule has 104 valence electrons. The second-order valence-electron chi connectivity index (χ2n) is 4.04. The molecular formula is C11H9ClF3NO3. The van der Waals surface area contributed by atoms with E-state index in [1.165, 1.54) is 0 Å². The Bertz CT molecular complexity index is 529. The van der Waals surface area contributed by atoms with Crippen LogP contribution in [-0.4, -0.2) is 16.6 Å². The first kappa shape index (κ1) is 15.4. The van der Waals surface area contributed by atoms with E-state index in [-0.39, 0.29) is 0 Å². The van der Waals surface area contributed by atoms with E-state index in [9.17, 15) is 28.1 Å². The third-order valence-corrected chi connectivity index (χ3v) is 2.70. The molecule has 0 saturated heterocycles. The molecule has 0 unspecified atom stereocenters. The number of rotatable bonds is 5. The van der Waals surface area contributed by atoms with Crippen molar-refractivity contribution in [1.82, 2.24) is 0 Å². The minimum Gasteiger partial charge on any atom is -0.294 e. The summed E-state index contributed by atoms with van der Waals surface area (Å²) < 4.78 is 38.5. The van der Waals surface area contributed by atoms with Gasteiger partial charge in [0.05, 0.1) is 16.0 Å². The van der Waals surface area contributed by atoms with Gasteiger partial charge in [-0.05, 0) is 6.92 Å². The normalized spacial score (nSPS) is 11.4. The zero-order chi connectivity index (χ0) is 14.8. The van der Waals surface area contributed by atoms with Crippen LogP contribution in [0.4, 0.5) is 18.9 Å². The second-order valence-corrected chi connectivity index (χ2v) is 4.42. The summed E-state index contributed by atoms with van der Waals surface area (Å²) >= 11 is 5.51. The van der Waals surface area contributed by atoms with Crippen LogP contribution in [0, 0.1) is 15.9 Å². The Kier molecular flexibility index (Phi) is 4.52. The lowest BCUT2D eigenvalue weighted by Crippen LogP contribution is -2.13. The molecule has 19 heavy (non-hydrogen) atoms. The highest BCUT2D eigenvalue weighted by atomic mass is 35.5. The Morgan fingerprint density at radius 2 is 2.05 bits per heavy atom. The first-order chi connectivity index (χ1) is 8.61. The average molecular weight is 296 g/mol. The van der Waals surface area contributed by atoms with Gasteiger partial charge in [-0.25, -0.2) is 13.2 Å². The molecule has 1 aromatic rings. The predicted octanol–water partition coefficient (Wildman–Crippen LogP) is 4.01. The fraction of sp³-hybridized carbons (Fsp3) is 0.364. The lowest BCUT2D eigenvalue weighted by molar-refractivity contribution is -0.385. The van der Waals surface area contributed by atoms with Gasteiger partial charge >= 0.3 is 0 Å². The highest BCUT2D eigenvalue weighted by molar-refractivity contribution is 6.34. The second kappa shape index (κ2) is 5.56. The average Bonchev–Trinajstić information content (AvgIpc) is 2.28. The van der Waals surface area contributed by atoms with Crippen molar-refractivity contribution in [2.24, 2.45) is 0 Å². The van der Waals surface area contributed by atoms with Crippen molar-refractivity contribution >= 4 is 23.1 Å². The molecule has 4 nitrogen and oxygen atoms in total. The first-order valence-electron chi connectivity index (χ1n) is 5.16. The molecule has 0 aliphatic carbocycles. The fourth-order valence-electron chi connectivity index (χ4n) is 1.35. The van der Waals surface area contributed by atoms with Gasteiger partial charge in [-0.1, -0.05) is 11.6 Å². The van der Waals surface area contributed by atoms with Crippen LogP contribution in [0.3, 0.4) is 0 Å². The molecule has 0 atom stereocenters. The molecular weight excluding hydrogens is 287 g/mol. The third-order valence-electron chi connectivity index (χ3n) is 2.32. The maximum absolute atomic E-state index is 13.3. The minimum atomic E-state index is -3.05. The van der Waals surface area contributed by atoms with E-state index in [0.717, 1.165) is 6.07 Å². The summed E-state index contributed by atoms with van der Waals surface area (Å²) in [5.41, 5.74) is -1.12. The molecule has 1 rings (SSSR count). The number of nitro benzene ring substituents is 1. The standard InChI is InChI=1S/C11H9ClF3NO3/c1-11(14,15)3-2-9(17)7-4-6(16(18)19)5-8(13)10(7)12/h4-5H,2-3H2,1H3. The maximum Gasteiger partial charge on any atom is 0.273 e. The number of hydrogen-bond acceptors (Lipinski definition) is 3. The van der Waals surface area contributed by atoms with Gasteiger partial charge in [0.25, 0.3) is 5.69 Å². The fourth-order valence-corrected chi connectivity index (χ4v) is 1.57. The Morgan fingerprint density at radius 1 is 1.47 bits per heavy atom. The number of halogens is 4. The summed E-state index contributed by atoms with van der Waals surface area (Å²) in [6.45, 7) is 0.635. The van der Waals surface area contributed by atoms with E-state index in [2.05, 4.69) is 0 Å². The molecule has 0 fully saturated rings. The monoisotopic (exact) mass is 295 g/mol. The Labute approximate surface area is 111 Å². The lowest BCUT2D eigenvalue weighted by atomic mass is 10.0. The van der Waals surface area contributed by atoms with E-state index < -0.39 is 51.6 Å². The van der Waals surface area contributed by atoms with Gasteiger partial charge < -0.3 is 0 Å². The molecule has 0 heterocycles. The highest BCUT2D eigenvalue weighted by Gasteiger charge is 2.25. The summed E-state index contributed by atoms with van der Waals surface area (Å²) in [5, 5.41) is 9.92. The van der Waals surface area contributed by atoms with Crippen LogP contribution in [0.2, 0.25) is 5.02 Å². The zero-order valence-electron chi connectivity index (χ0n) is 9.75. The largest absolute Gasteiger partial charge is 0.294 e. The zero-order valence-corrected chi connectivity index (χ0v) is 10.5. The van der Waals surface area contributed by atoms with E-state index in [1.807, 2.05) is 0 Å². The number of nitro groups is 1. The number of benzene rings is 1. The maximum atomic E-state index is 13.3. The minimum absolute atomic E-state index is 0.461. The van der Waals surface area contributed by atoms with Crippen molar-refractivity contribution in [3.8, 4) is 0 Å². The summed E-state index contributed by atoms with van der Waals surface area (Å²) in [6.07, 6.45) is -1.32. The van der Waals surface area contributed by atoms with Crippen LogP contribution in [0.15, 0.2) is 12.1 Å². The van der Waals surface area contributed by atoms with Crippen molar-refractivity contribution in [2.75, 3.05) is 0 Å². The topological polar surface area (TPSA) is 60.2 Å². The highest BCUT2D eigenvalue weighted by Crippen LogP contribution is 2.28. The van der Waals surface area contributed by atoms with Crippen molar-refractivity contribution in [3.05, 3.63) is 38.7 Å². The third kappa shape index (κ3) is 4.20. The molecule has 0 amide bonds. The van der Waals surface area contributed by atoms with Crippen LogP contribution in [-0.2, 0) is 0 Å². The number of alkyl halides is 2. The van der Waals surface area contributed by atoms with Crippen LogP contribution in [0.1, 0.15) is 30.1 Å². The summed E-state index contributed by atoms with van der Waals surface area (Å²) in [7, 11) is 0.